The van der Waals surface area contributed by atoms with Crippen molar-refractivity contribution in [1.29, 1.82) is 10.5 Å². The number of nitrogens with zero attached hydrogens (tertiary/aromatic N) is 4. The molecule has 2 aliphatic heterocycles. The fraction of sp³-hybridized carbons (Fsp3) is 0.364. The predicted octanol–water partition coefficient (Wildman–Crippen LogP) is 0.789. The Hall–Kier alpha value is -4.02. The van der Waals surface area contributed by atoms with Gasteiger partial charge in [-0.2, -0.15) is 10.5 Å². The Balaban J connectivity index is 2.71. The minimum absolute atomic E-state index is 0.00986. The highest BCUT2D eigenvalue weighted by molar-refractivity contribution is 6.18. The number of hydrogen-bond acceptors (Lipinski definition) is 7. The lowest BCUT2D eigenvalue weighted by atomic mass is 9.73. The van der Waals surface area contributed by atoms with Crippen LogP contribution in [0.2, 0.25) is 0 Å². The van der Waals surface area contributed by atoms with Gasteiger partial charge in [0.2, 0.25) is 0 Å². The molecule has 0 radical (unpaired) electrons. The number of hydrogen-bond donors (Lipinski definition) is 2. The molecule has 2 N–H and O–H groups in total. The number of nitriles is 2. The van der Waals surface area contributed by atoms with E-state index >= 15 is 0 Å². The number of aliphatic carboxylic acids is 1. The first kappa shape index (κ1) is 24.3. The second-order valence-corrected chi connectivity index (χ2v) is 7.16. The zero-order valence-corrected chi connectivity index (χ0v) is 18.0. The molecule has 0 aromatic rings. The summed E-state index contributed by atoms with van der Waals surface area (Å²) < 4.78 is 0. The lowest BCUT2D eigenvalue weighted by molar-refractivity contribution is -0.164. The zero-order valence-electron chi connectivity index (χ0n) is 18.0. The number of carboxylic acid groups (broad SMARTS) is 1. The maximum absolute atomic E-state index is 12.7. The van der Waals surface area contributed by atoms with Gasteiger partial charge in [-0.3, -0.25) is 24.1 Å². The molecule has 0 bridgehead atoms. The van der Waals surface area contributed by atoms with E-state index in [2.05, 4.69) is 0 Å². The van der Waals surface area contributed by atoms with Gasteiger partial charge in [-0.1, -0.05) is 12.2 Å². The van der Waals surface area contributed by atoms with Crippen molar-refractivity contribution >= 4 is 23.7 Å². The first-order valence-electron chi connectivity index (χ1n) is 9.75. The number of imide groups is 1. The maximum Gasteiger partial charge on any atom is 0.322 e. The van der Waals surface area contributed by atoms with Crippen LogP contribution in [0.15, 0.2) is 46.1 Å². The number of carbonyl (C=O) groups excluding carboxylic acids is 3. The topological polar surface area (TPSA) is 163 Å². The van der Waals surface area contributed by atoms with Crippen LogP contribution in [-0.4, -0.2) is 63.0 Å². The number of allylic oxidation sites excluding steroid dienone is 2. The van der Waals surface area contributed by atoms with Crippen LogP contribution in [0.1, 0.15) is 27.7 Å². The van der Waals surface area contributed by atoms with Gasteiger partial charge >= 0.3 is 5.97 Å². The number of aliphatic hydroxyl groups excluding tert-OH is 1. The minimum atomic E-state index is -2.14. The summed E-state index contributed by atoms with van der Waals surface area (Å²) in [6.07, 6.45) is 1.74. The summed E-state index contributed by atoms with van der Waals surface area (Å²) in [5.41, 5.74) is -2.73. The molecule has 0 fully saturated rings. The van der Waals surface area contributed by atoms with Gasteiger partial charge in [0.1, 0.15) is 23.3 Å². The van der Waals surface area contributed by atoms with Crippen molar-refractivity contribution in [3.63, 3.8) is 0 Å². The van der Waals surface area contributed by atoms with Crippen molar-refractivity contribution in [2.24, 2.45) is 5.41 Å². The fourth-order valence-electron chi connectivity index (χ4n) is 3.80. The highest BCUT2D eigenvalue weighted by Gasteiger charge is 2.54. The van der Waals surface area contributed by atoms with Crippen molar-refractivity contribution in [3.8, 4) is 12.1 Å². The van der Waals surface area contributed by atoms with Crippen molar-refractivity contribution in [3.05, 3.63) is 46.1 Å². The van der Waals surface area contributed by atoms with Gasteiger partial charge in [0.15, 0.2) is 11.6 Å². The maximum atomic E-state index is 12.7. The van der Waals surface area contributed by atoms with Crippen molar-refractivity contribution < 1.29 is 29.4 Å². The number of carbonyl (C=O) groups is 4. The SMILES string of the molecule is CCN1C(=O)C(=CC=CC2(C(=O)O)C(C)=C(C#N)C(=O)N(CC)[C@H]2O)C(C)=C(C#N)C1=O. The summed E-state index contributed by atoms with van der Waals surface area (Å²) in [7, 11) is 0. The highest BCUT2D eigenvalue weighted by atomic mass is 16.4. The second kappa shape index (κ2) is 9.00. The number of aliphatic hydroxyl groups is 1. The molecule has 0 aliphatic carbocycles. The van der Waals surface area contributed by atoms with E-state index in [-0.39, 0.29) is 35.4 Å². The van der Waals surface area contributed by atoms with Gasteiger partial charge in [0.05, 0.1) is 0 Å². The van der Waals surface area contributed by atoms with E-state index in [9.17, 15) is 39.9 Å². The Labute approximate surface area is 184 Å². The van der Waals surface area contributed by atoms with Crippen molar-refractivity contribution in [2.75, 3.05) is 13.1 Å². The van der Waals surface area contributed by atoms with Crippen LogP contribution in [0.3, 0.4) is 0 Å². The number of rotatable bonds is 5. The molecule has 3 amide bonds. The molecule has 1 unspecified atom stereocenters. The Kier molecular flexibility index (Phi) is 6.82. The van der Waals surface area contributed by atoms with E-state index in [1.54, 1.807) is 19.1 Å². The Morgan fingerprint density at radius 3 is 2.12 bits per heavy atom. The van der Waals surface area contributed by atoms with Gasteiger partial charge in [0, 0.05) is 18.7 Å². The summed E-state index contributed by atoms with van der Waals surface area (Å²) in [5.74, 6) is -3.64. The molecule has 10 heteroatoms. The second-order valence-electron chi connectivity index (χ2n) is 7.16. The summed E-state index contributed by atoms with van der Waals surface area (Å²) in [6, 6.07) is 3.49. The molecule has 2 atom stereocenters. The average Bonchev–Trinajstić information content (AvgIpc) is 2.74. The molecule has 0 saturated heterocycles. The Bertz CT molecular complexity index is 1110. The standard InChI is InChI=1S/C22H22N4O6/c1-5-25-17(27)14(12(3)15(10-23)18(25)28)8-7-9-22(21(31)32)13(4)16(11-24)19(29)26(6-2)20(22)30/h7-9,20,30H,5-6H2,1-4H3,(H,31,32)/t20-,22?/m0/s1. The first-order valence-corrected chi connectivity index (χ1v) is 9.75. The number of amides is 3. The summed E-state index contributed by atoms with van der Waals surface area (Å²) in [5, 5.41) is 39.5. The first-order chi connectivity index (χ1) is 15.0. The van der Waals surface area contributed by atoms with Gasteiger partial charge in [-0.25, -0.2) is 0 Å². The lowest BCUT2D eigenvalue weighted by Gasteiger charge is -2.42. The molecule has 166 valence electrons. The molecule has 2 aliphatic rings. The smallest absolute Gasteiger partial charge is 0.322 e. The van der Waals surface area contributed by atoms with Gasteiger partial charge < -0.3 is 15.1 Å². The number of carboxylic acids is 1. The van der Waals surface area contributed by atoms with Crippen LogP contribution >= 0.6 is 0 Å². The van der Waals surface area contributed by atoms with E-state index in [0.29, 0.717) is 0 Å². The summed E-state index contributed by atoms with van der Waals surface area (Å²) >= 11 is 0. The van der Waals surface area contributed by atoms with Crippen LogP contribution in [0, 0.1) is 28.1 Å². The van der Waals surface area contributed by atoms with E-state index in [0.717, 1.165) is 15.9 Å². The third-order valence-corrected chi connectivity index (χ3v) is 5.74. The minimum Gasteiger partial charge on any atom is -0.480 e. The predicted molar refractivity (Wildman–Crippen MR) is 110 cm³/mol. The third-order valence-electron chi connectivity index (χ3n) is 5.74. The van der Waals surface area contributed by atoms with Crippen molar-refractivity contribution in [1.82, 2.24) is 9.80 Å². The lowest BCUT2D eigenvalue weighted by Crippen LogP contribution is -2.58. The number of likely N-dealkylation sites (N-methyl/N-ethyl adjacent to an activating group) is 2. The molecular formula is C22H22N4O6. The van der Waals surface area contributed by atoms with Crippen LogP contribution < -0.4 is 0 Å². The Morgan fingerprint density at radius 2 is 1.66 bits per heavy atom. The van der Waals surface area contributed by atoms with Crippen LogP contribution in [0.5, 0.6) is 0 Å². The highest BCUT2D eigenvalue weighted by Crippen LogP contribution is 2.41. The summed E-state index contributed by atoms with van der Waals surface area (Å²) in [6.45, 7) is 5.81. The molecule has 32 heavy (non-hydrogen) atoms. The molecule has 10 nitrogen and oxygen atoms in total. The molecule has 2 rings (SSSR count). The van der Waals surface area contributed by atoms with Crippen molar-refractivity contribution in [2.45, 2.75) is 33.9 Å². The van der Waals surface area contributed by atoms with Gasteiger partial charge in [-0.15, -0.1) is 0 Å². The summed E-state index contributed by atoms with van der Waals surface area (Å²) in [4.78, 5) is 51.4. The van der Waals surface area contributed by atoms with E-state index < -0.39 is 40.9 Å². The molecule has 0 spiro atoms. The monoisotopic (exact) mass is 438 g/mol. The van der Waals surface area contributed by atoms with E-state index in [1.807, 2.05) is 0 Å². The molecule has 0 aromatic heterocycles. The molecule has 0 saturated carbocycles. The van der Waals surface area contributed by atoms with Crippen LogP contribution in [0.25, 0.3) is 0 Å². The molecule has 0 aromatic carbocycles. The van der Waals surface area contributed by atoms with Gasteiger partial charge in [0.25, 0.3) is 17.7 Å². The molecular weight excluding hydrogens is 416 g/mol. The average molecular weight is 438 g/mol. The Morgan fingerprint density at radius 1 is 1.06 bits per heavy atom. The largest absolute Gasteiger partial charge is 0.480 e. The van der Waals surface area contributed by atoms with Crippen LogP contribution in [0.4, 0.5) is 0 Å². The van der Waals surface area contributed by atoms with E-state index in [4.69, 9.17) is 0 Å². The fourth-order valence-corrected chi connectivity index (χ4v) is 3.80. The quantitative estimate of drug-likeness (QED) is 0.470. The zero-order chi connectivity index (χ0) is 24.4. The molecule has 2 heterocycles. The normalized spacial score (nSPS) is 25.7. The van der Waals surface area contributed by atoms with Gasteiger partial charge in [-0.05, 0) is 44.9 Å². The van der Waals surface area contributed by atoms with Crippen LogP contribution in [-0.2, 0) is 19.2 Å². The van der Waals surface area contributed by atoms with E-state index in [1.165, 1.54) is 32.9 Å². The third kappa shape index (κ3) is 3.41.